The summed E-state index contributed by atoms with van der Waals surface area (Å²) in [6, 6.07) is 6.07. The average molecular weight is 277 g/mol. The molecule has 2 N–H and O–H groups in total. The molecule has 1 aromatic carbocycles. The lowest BCUT2D eigenvalue weighted by Crippen LogP contribution is -2.50. The van der Waals surface area contributed by atoms with E-state index in [0.717, 1.165) is 43.1 Å². The number of piperazine rings is 1. The van der Waals surface area contributed by atoms with Gasteiger partial charge in [-0.2, -0.15) is 0 Å². The number of nitrogens with zero attached hydrogens (tertiary/aromatic N) is 1. The molecular formula is C15H23N3O2. The Kier molecular flexibility index (Phi) is 5.24. The first-order chi connectivity index (χ1) is 9.68. The summed E-state index contributed by atoms with van der Waals surface area (Å²) in [6.07, 6.45) is 0. The van der Waals surface area contributed by atoms with Gasteiger partial charge in [0.15, 0.2) is 0 Å². The lowest BCUT2D eigenvalue weighted by Gasteiger charge is -2.27. The van der Waals surface area contributed by atoms with Crippen LogP contribution in [0, 0.1) is 13.8 Å². The van der Waals surface area contributed by atoms with Gasteiger partial charge in [0.05, 0.1) is 6.54 Å². The Morgan fingerprint density at radius 2 is 1.95 bits per heavy atom. The highest BCUT2D eigenvalue weighted by molar-refractivity contribution is 5.74. The van der Waals surface area contributed by atoms with E-state index < -0.39 is 0 Å². The topological polar surface area (TPSA) is 53.6 Å². The van der Waals surface area contributed by atoms with Gasteiger partial charge in [-0.1, -0.05) is 18.2 Å². The van der Waals surface area contributed by atoms with Crippen LogP contribution in [0.2, 0.25) is 0 Å². The maximum absolute atomic E-state index is 11.9. The Balaban J connectivity index is 1.72. The first-order valence-corrected chi connectivity index (χ1v) is 7.11. The van der Waals surface area contributed by atoms with Gasteiger partial charge in [-0.15, -0.1) is 0 Å². The SMILES string of the molecule is Cc1cccc(C)c1OCCNC(=O)N1CCNCC1. The molecule has 1 heterocycles. The molecule has 0 aliphatic carbocycles. The van der Waals surface area contributed by atoms with E-state index in [2.05, 4.69) is 10.6 Å². The van der Waals surface area contributed by atoms with Crippen LogP contribution >= 0.6 is 0 Å². The quantitative estimate of drug-likeness (QED) is 0.816. The van der Waals surface area contributed by atoms with Crippen LogP contribution in [0.25, 0.3) is 0 Å². The van der Waals surface area contributed by atoms with Crippen molar-refractivity contribution in [2.24, 2.45) is 0 Å². The van der Waals surface area contributed by atoms with Gasteiger partial charge in [-0.05, 0) is 25.0 Å². The van der Waals surface area contributed by atoms with Crippen molar-refractivity contribution >= 4 is 6.03 Å². The molecule has 2 rings (SSSR count). The van der Waals surface area contributed by atoms with Gasteiger partial charge in [0.2, 0.25) is 0 Å². The number of para-hydroxylation sites is 1. The van der Waals surface area contributed by atoms with E-state index in [1.807, 2.05) is 36.9 Å². The Morgan fingerprint density at radius 1 is 1.30 bits per heavy atom. The van der Waals surface area contributed by atoms with Crippen molar-refractivity contribution in [2.45, 2.75) is 13.8 Å². The number of carbonyl (C=O) groups is 1. The molecule has 1 saturated heterocycles. The van der Waals surface area contributed by atoms with E-state index in [1.54, 1.807) is 0 Å². The number of amides is 2. The molecule has 1 aromatic rings. The zero-order chi connectivity index (χ0) is 14.4. The summed E-state index contributed by atoms with van der Waals surface area (Å²) in [6.45, 7) is 8.34. The smallest absolute Gasteiger partial charge is 0.317 e. The van der Waals surface area contributed by atoms with Gasteiger partial charge in [0, 0.05) is 26.2 Å². The second-order valence-corrected chi connectivity index (χ2v) is 5.04. The minimum atomic E-state index is -0.00314. The van der Waals surface area contributed by atoms with Gasteiger partial charge < -0.3 is 20.3 Å². The van der Waals surface area contributed by atoms with Crippen molar-refractivity contribution in [3.8, 4) is 5.75 Å². The number of ether oxygens (including phenoxy) is 1. The summed E-state index contributed by atoms with van der Waals surface area (Å²) in [5, 5.41) is 6.12. The lowest BCUT2D eigenvalue weighted by atomic mass is 10.1. The van der Waals surface area contributed by atoms with Crippen molar-refractivity contribution in [2.75, 3.05) is 39.3 Å². The summed E-state index contributed by atoms with van der Waals surface area (Å²) in [5.41, 5.74) is 2.25. The normalized spacial score (nSPS) is 15.0. The maximum Gasteiger partial charge on any atom is 0.317 e. The van der Waals surface area contributed by atoms with E-state index >= 15 is 0 Å². The molecule has 0 bridgehead atoms. The first-order valence-electron chi connectivity index (χ1n) is 7.11. The molecule has 1 aliphatic heterocycles. The second kappa shape index (κ2) is 7.14. The number of nitrogens with one attached hydrogen (secondary N) is 2. The average Bonchev–Trinajstić information content (AvgIpc) is 2.46. The van der Waals surface area contributed by atoms with Crippen molar-refractivity contribution < 1.29 is 9.53 Å². The molecule has 5 heteroatoms. The minimum Gasteiger partial charge on any atom is -0.491 e. The minimum absolute atomic E-state index is 0.00314. The van der Waals surface area contributed by atoms with E-state index in [9.17, 15) is 4.79 Å². The molecule has 20 heavy (non-hydrogen) atoms. The van der Waals surface area contributed by atoms with Gasteiger partial charge in [0.25, 0.3) is 0 Å². The van der Waals surface area contributed by atoms with Crippen LogP contribution in [0.4, 0.5) is 4.79 Å². The van der Waals surface area contributed by atoms with Crippen molar-refractivity contribution in [1.29, 1.82) is 0 Å². The molecule has 110 valence electrons. The molecule has 1 aliphatic rings. The third-order valence-electron chi connectivity index (χ3n) is 3.44. The zero-order valence-electron chi connectivity index (χ0n) is 12.2. The van der Waals surface area contributed by atoms with Gasteiger partial charge in [-0.25, -0.2) is 4.79 Å². The lowest BCUT2D eigenvalue weighted by molar-refractivity contribution is 0.187. The molecule has 1 fully saturated rings. The van der Waals surface area contributed by atoms with Crippen LogP contribution in [-0.4, -0.2) is 50.3 Å². The van der Waals surface area contributed by atoms with E-state index in [0.29, 0.717) is 13.2 Å². The fraction of sp³-hybridized carbons (Fsp3) is 0.533. The molecule has 0 radical (unpaired) electrons. The predicted molar refractivity (Wildman–Crippen MR) is 79.3 cm³/mol. The largest absolute Gasteiger partial charge is 0.491 e. The van der Waals surface area contributed by atoms with Crippen LogP contribution in [0.15, 0.2) is 18.2 Å². The highest BCUT2D eigenvalue weighted by Crippen LogP contribution is 2.21. The number of rotatable bonds is 4. The molecule has 0 atom stereocenters. The Hall–Kier alpha value is -1.75. The summed E-state index contributed by atoms with van der Waals surface area (Å²) < 4.78 is 5.76. The van der Waals surface area contributed by atoms with Crippen molar-refractivity contribution in [3.63, 3.8) is 0 Å². The van der Waals surface area contributed by atoms with Gasteiger partial charge >= 0.3 is 6.03 Å². The van der Waals surface area contributed by atoms with E-state index in [-0.39, 0.29) is 6.03 Å². The zero-order valence-corrected chi connectivity index (χ0v) is 12.2. The van der Waals surface area contributed by atoms with Crippen LogP contribution in [-0.2, 0) is 0 Å². The molecular weight excluding hydrogens is 254 g/mol. The standard InChI is InChI=1S/C15H23N3O2/c1-12-4-3-5-13(2)14(12)20-11-8-17-15(19)18-9-6-16-7-10-18/h3-5,16H,6-11H2,1-2H3,(H,17,19). The molecule has 0 aromatic heterocycles. The van der Waals surface area contributed by atoms with E-state index in [4.69, 9.17) is 4.74 Å². The number of hydrogen-bond acceptors (Lipinski definition) is 3. The summed E-state index contributed by atoms with van der Waals surface area (Å²) >= 11 is 0. The number of aryl methyl sites for hydroxylation is 2. The first kappa shape index (κ1) is 14.7. The number of urea groups is 1. The van der Waals surface area contributed by atoms with Crippen LogP contribution < -0.4 is 15.4 Å². The molecule has 5 nitrogen and oxygen atoms in total. The number of benzene rings is 1. The molecule has 0 spiro atoms. The van der Waals surface area contributed by atoms with Crippen LogP contribution in [0.1, 0.15) is 11.1 Å². The van der Waals surface area contributed by atoms with E-state index in [1.165, 1.54) is 0 Å². The van der Waals surface area contributed by atoms with Gasteiger partial charge in [-0.3, -0.25) is 0 Å². The molecule has 0 unspecified atom stereocenters. The summed E-state index contributed by atoms with van der Waals surface area (Å²) in [5.74, 6) is 0.920. The third-order valence-corrected chi connectivity index (χ3v) is 3.44. The maximum atomic E-state index is 11.9. The predicted octanol–water partition coefficient (Wildman–Crippen LogP) is 1.30. The fourth-order valence-corrected chi connectivity index (χ4v) is 2.32. The second-order valence-electron chi connectivity index (χ2n) is 5.04. The van der Waals surface area contributed by atoms with Crippen LogP contribution in [0.5, 0.6) is 5.75 Å². The van der Waals surface area contributed by atoms with Gasteiger partial charge in [0.1, 0.15) is 12.4 Å². The van der Waals surface area contributed by atoms with Crippen LogP contribution in [0.3, 0.4) is 0 Å². The number of carbonyl (C=O) groups excluding carboxylic acids is 1. The number of hydrogen-bond donors (Lipinski definition) is 2. The molecule has 2 amide bonds. The van der Waals surface area contributed by atoms with Crippen molar-refractivity contribution in [1.82, 2.24) is 15.5 Å². The summed E-state index contributed by atoms with van der Waals surface area (Å²) in [7, 11) is 0. The summed E-state index contributed by atoms with van der Waals surface area (Å²) in [4.78, 5) is 13.7. The third kappa shape index (κ3) is 3.87. The Labute approximate surface area is 120 Å². The Bertz CT molecular complexity index is 436. The monoisotopic (exact) mass is 277 g/mol. The molecule has 0 saturated carbocycles. The van der Waals surface area contributed by atoms with Crippen molar-refractivity contribution in [3.05, 3.63) is 29.3 Å². The Morgan fingerprint density at radius 3 is 2.60 bits per heavy atom. The fourth-order valence-electron chi connectivity index (χ4n) is 2.32. The highest BCUT2D eigenvalue weighted by atomic mass is 16.5. The highest BCUT2D eigenvalue weighted by Gasteiger charge is 2.15.